The van der Waals surface area contributed by atoms with E-state index in [0.717, 1.165) is 57.8 Å². The Balaban J connectivity index is 1.06. The summed E-state index contributed by atoms with van der Waals surface area (Å²) in [6, 6.07) is 11.8. The standard InChI is InChI=1S/C29H38N4O3/c30-16-24-23-11-22(23)17-33(24)26(34)25(31)28-12-20-10-21(13-28)15-29(14-20,18-28)36-27(35)32-9-5-4-8-19-6-2-1-3-7-19/h1-3,6-7,20-25H,4-5,8-15,17-18,31H2,(H,32,35)/t20-,21+,22-,23-,24-,25-,28?,29?/m1/s1. The molecular formula is C29H38N4O3. The van der Waals surface area contributed by atoms with Crippen molar-refractivity contribution >= 4 is 12.0 Å². The van der Waals surface area contributed by atoms with E-state index in [9.17, 15) is 14.9 Å². The van der Waals surface area contributed by atoms with Gasteiger partial charge in [-0.1, -0.05) is 30.3 Å². The van der Waals surface area contributed by atoms with Crippen LogP contribution in [-0.2, 0) is 16.0 Å². The van der Waals surface area contributed by atoms with E-state index in [2.05, 4.69) is 35.7 Å². The molecule has 5 aliphatic carbocycles. The number of amides is 2. The van der Waals surface area contributed by atoms with Crippen molar-refractivity contribution < 1.29 is 14.3 Å². The molecule has 1 heterocycles. The summed E-state index contributed by atoms with van der Waals surface area (Å²) in [5.74, 6) is 1.65. The van der Waals surface area contributed by atoms with Gasteiger partial charge in [-0.3, -0.25) is 4.79 Å². The third-order valence-electron chi connectivity index (χ3n) is 9.86. The summed E-state index contributed by atoms with van der Waals surface area (Å²) < 4.78 is 6.18. The fourth-order valence-electron chi connectivity index (χ4n) is 8.55. The first-order valence-corrected chi connectivity index (χ1v) is 13.9. The second kappa shape index (κ2) is 9.06. The number of fused-ring (bicyclic) bond motifs is 1. The van der Waals surface area contributed by atoms with Crippen LogP contribution in [0.5, 0.6) is 0 Å². The molecule has 2 unspecified atom stereocenters. The number of unbranched alkanes of at least 4 members (excludes halogenated alkanes) is 1. The number of ether oxygens (including phenoxy) is 1. The number of nitrogens with one attached hydrogen (secondary N) is 1. The van der Waals surface area contributed by atoms with Gasteiger partial charge in [-0.15, -0.1) is 0 Å². The van der Waals surface area contributed by atoms with Gasteiger partial charge in [0.15, 0.2) is 0 Å². The van der Waals surface area contributed by atoms with E-state index in [0.29, 0.717) is 43.2 Å². The summed E-state index contributed by atoms with van der Waals surface area (Å²) in [6.07, 6.45) is 9.07. The number of likely N-dealkylation sites (tertiary alicyclic amines) is 1. The minimum Gasteiger partial charge on any atom is -0.443 e. The Kier molecular flexibility index (Phi) is 5.99. The first kappa shape index (κ1) is 23.8. The van der Waals surface area contributed by atoms with Crippen LogP contribution >= 0.6 is 0 Å². The Labute approximate surface area is 213 Å². The number of alkyl carbamates (subject to hydrolysis) is 1. The Bertz CT molecular complexity index is 1040. The molecular weight excluding hydrogens is 452 g/mol. The second-order valence-electron chi connectivity index (χ2n) is 12.5. The minimum atomic E-state index is -0.624. The largest absolute Gasteiger partial charge is 0.443 e. The van der Waals surface area contributed by atoms with Gasteiger partial charge in [-0.2, -0.15) is 5.26 Å². The van der Waals surface area contributed by atoms with Crippen LogP contribution in [0.1, 0.15) is 63.4 Å². The molecule has 4 bridgehead atoms. The molecule has 7 nitrogen and oxygen atoms in total. The molecule has 1 aromatic rings. The molecule has 7 rings (SSSR count). The molecule has 7 heteroatoms. The van der Waals surface area contributed by atoms with Crippen LogP contribution in [0.25, 0.3) is 0 Å². The molecule has 5 saturated carbocycles. The summed E-state index contributed by atoms with van der Waals surface area (Å²) in [5.41, 5.74) is 7.24. The summed E-state index contributed by atoms with van der Waals surface area (Å²) in [6.45, 7) is 1.28. The highest BCUT2D eigenvalue weighted by molar-refractivity contribution is 5.84. The number of hydrogen-bond donors (Lipinski definition) is 2. The fourth-order valence-corrected chi connectivity index (χ4v) is 8.55. The lowest BCUT2D eigenvalue weighted by atomic mass is 9.46. The number of nitrogens with zero attached hydrogens (tertiary/aromatic N) is 2. The van der Waals surface area contributed by atoms with Crippen molar-refractivity contribution in [1.82, 2.24) is 10.2 Å². The van der Waals surface area contributed by atoms with Crippen molar-refractivity contribution in [1.29, 1.82) is 5.26 Å². The van der Waals surface area contributed by atoms with Crippen molar-refractivity contribution in [2.75, 3.05) is 13.1 Å². The van der Waals surface area contributed by atoms with Crippen LogP contribution in [0.3, 0.4) is 0 Å². The molecule has 1 saturated heterocycles. The van der Waals surface area contributed by atoms with Gasteiger partial charge < -0.3 is 20.7 Å². The summed E-state index contributed by atoms with van der Waals surface area (Å²) >= 11 is 0. The van der Waals surface area contributed by atoms with Crippen molar-refractivity contribution in [3.63, 3.8) is 0 Å². The van der Waals surface area contributed by atoms with Crippen LogP contribution < -0.4 is 11.1 Å². The van der Waals surface area contributed by atoms with Gasteiger partial charge in [0.05, 0.1) is 12.1 Å². The average Bonchev–Trinajstić information content (AvgIpc) is 3.52. The van der Waals surface area contributed by atoms with Crippen molar-refractivity contribution in [2.45, 2.75) is 81.9 Å². The van der Waals surface area contributed by atoms with Crippen molar-refractivity contribution in [3.05, 3.63) is 35.9 Å². The Morgan fingerprint density at radius 2 is 1.89 bits per heavy atom. The molecule has 8 atom stereocenters. The lowest BCUT2D eigenvalue weighted by Crippen LogP contribution is -2.65. The number of hydrogen-bond acceptors (Lipinski definition) is 5. The number of benzene rings is 1. The quantitative estimate of drug-likeness (QED) is 0.539. The van der Waals surface area contributed by atoms with Crippen LogP contribution in [0.15, 0.2) is 30.3 Å². The smallest absolute Gasteiger partial charge is 0.407 e. The highest BCUT2D eigenvalue weighted by Gasteiger charge is 2.64. The van der Waals surface area contributed by atoms with Gasteiger partial charge >= 0.3 is 6.09 Å². The lowest BCUT2D eigenvalue weighted by molar-refractivity contribution is -0.177. The van der Waals surface area contributed by atoms with E-state index >= 15 is 0 Å². The molecule has 1 aliphatic heterocycles. The molecule has 3 N–H and O–H groups in total. The minimum absolute atomic E-state index is 0.0614. The van der Waals surface area contributed by atoms with E-state index in [4.69, 9.17) is 10.5 Å². The molecule has 192 valence electrons. The first-order chi connectivity index (χ1) is 17.4. The van der Waals surface area contributed by atoms with E-state index in [1.54, 1.807) is 4.90 Å². The average molecular weight is 491 g/mol. The number of nitriles is 1. The molecule has 0 spiro atoms. The molecule has 6 aliphatic rings. The monoisotopic (exact) mass is 490 g/mol. The van der Waals surface area contributed by atoms with Gasteiger partial charge in [0.25, 0.3) is 0 Å². The number of carbonyl (C=O) groups excluding carboxylic acids is 2. The highest BCUT2D eigenvalue weighted by atomic mass is 16.6. The number of rotatable bonds is 8. The van der Waals surface area contributed by atoms with Crippen molar-refractivity contribution in [3.8, 4) is 6.07 Å². The maximum Gasteiger partial charge on any atom is 0.407 e. The van der Waals surface area contributed by atoms with Gasteiger partial charge in [0.2, 0.25) is 5.91 Å². The zero-order valence-electron chi connectivity index (χ0n) is 21.0. The van der Waals surface area contributed by atoms with E-state index in [1.807, 2.05) is 6.07 Å². The van der Waals surface area contributed by atoms with Crippen LogP contribution in [0.2, 0.25) is 0 Å². The zero-order valence-corrected chi connectivity index (χ0v) is 21.0. The Morgan fingerprint density at radius 1 is 1.14 bits per heavy atom. The maximum atomic E-state index is 13.6. The van der Waals surface area contributed by atoms with Gasteiger partial charge in [-0.25, -0.2) is 4.79 Å². The maximum absolute atomic E-state index is 13.6. The Morgan fingerprint density at radius 3 is 2.61 bits per heavy atom. The van der Waals surface area contributed by atoms with Gasteiger partial charge in [0.1, 0.15) is 11.6 Å². The topological polar surface area (TPSA) is 108 Å². The summed E-state index contributed by atoms with van der Waals surface area (Å²) in [4.78, 5) is 28.1. The van der Waals surface area contributed by atoms with Crippen molar-refractivity contribution in [2.24, 2.45) is 34.8 Å². The molecule has 0 radical (unpaired) electrons. The summed E-state index contributed by atoms with van der Waals surface area (Å²) in [7, 11) is 0. The fraction of sp³-hybridized carbons (Fsp3) is 0.690. The lowest BCUT2D eigenvalue weighted by Gasteiger charge is -2.62. The predicted octanol–water partition coefficient (Wildman–Crippen LogP) is 3.77. The Hall–Kier alpha value is -2.59. The highest BCUT2D eigenvalue weighted by Crippen LogP contribution is 2.64. The normalized spacial score (nSPS) is 38.2. The number of nitrogens with two attached hydrogens (primary N) is 1. The second-order valence-corrected chi connectivity index (χ2v) is 12.5. The molecule has 36 heavy (non-hydrogen) atoms. The van der Waals surface area contributed by atoms with E-state index in [1.165, 1.54) is 5.56 Å². The van der Waals surface area contributed by atoms with Gasteiger partial charge in [-0.05, 0) is 98.9 Å². The molecule has 0 aromatic heterocycles. The number of piperidine rings is 1. The van der Waals surface area contributed by atoms with E-state index in [-0.39, 0.29) is 23.5 Å². The predicted molar refractivity (Wildman–Crippen MR) is 134 cm³/mol. The number of aryl methyl sites for hydroxylation is 1. The molecule has 1 aromatic carbocycles. The van der Waals surface area contributed by atoms with Crippen LogP contribution in [-0.4, -0.2) is 47.7 Å². The first-order valence-electron chi connectivity index (χ1n) is 13.9. The SMILES string of the molecule is N#C[C@@H]1[C@@H]2C[C@@H]2CN1C(=O)[C@@H](N)C12C[C@@H]3C[C@@H](CC(OC(=O)NCCCCc4ccccc4)(C3)C1)C2. The molecule has 2 amide bonds. The van der Waals surface area contributed by atoms with Crippen LogP contribution in [0.4, 0.5) is 4.79 Å². The third kappa shape index (κ3) is 4.28. The summed E-state index contributed by atoms with van der Waals surface area (Å²) in [5, 5.41) is 12.6. The third-order valence-corrected chi connectivity index (χ3v) is 9.86. The molecule has 6 fully saturated rings. The number of carbonyl (C=O) groups is 2. The zero-order chi connectivity index (χ0) is 24.9. The van der Waals surface area contributed by atoms with Crippen LogP contribution in [0, 0.1) is 40.4 Å². The van der Waals surface area contributed by atoms with E-state index < -0.39 is 11.6 Å². The van der Waals surface area contributed by atoms with Gasteiger partial charge in [0, 0.05) is 13.1 Å².